The van der Waals surface area contributed by atoms with Crippen molar-refractivity contribution in [2.45, 2.75) is 33.7 Å². The van der Waals surface area contributed by atoms with E-state index in [9.17, 15) is 0 Å². The van der Waals surface area contributed by atoms with Gasteiger partial charge in [0.15, 0.2) is 0 Å². The first-order valence-electron chi connectivity index (χ1n) is 3.45. The van der Waals surface area contributed by atoms with Crippen LogP contribution in [0.5, 0.6) is 0 Å². The number of rotatable bonds is 2. The number of allylic oxidation sites excluding steroid dienone is 2. The second-order valence-electron chi connectivity index (χ2n) is 2.63. The molecule has 0 aliphatic heterocycles. The Bertz CT molecular complexity index is 103. The highest BCUT2D eigenvalue weighted by atomic mass is 15.1. The number of hydrogen-bond donors (Lipinski definition) is 0. The third kappa shape index (κ3) is 2.54. The molecule has 54 valence electrons. The fraction of sp³-hybridized carbons (Fsp3) is 0.750. The Kier molecular flexibility index (Phi) is 3.36. The highest BCUT2D eigenvalue weighted by Crippen LogP contribution is 2.03. The van der Waals surface area contributed by atoms with Crippen LogP contribution in [0, 0.1) is 0 Å². The van der Waals surface area contributed by atoms with Gasteiger partial charge in [-0.2, -0.15) is 0 Å². The molecule has 0 saturated heterocycles. The predicted octanol–water partition coefficient (Wildman–Crippen LogP) is 2.25. The molecule has 0 atom stereocenters. The molecule has 0 spiro atoms. The molecule has 0 aliphatic carbocycles. The van der Waals surface area contributed by atoms with Gasteiger partial charge in [0.1, 0.15) is 0 Å². The lowest BCUT2D eigenvalue weighted by molar-refractivity contribution is 0.344. The molecule has 0 aromatic rings. The Morgan fingerprint density at radius 1 is 1.44 bits per heavy atom. The Morgan fingerprint density at radius 2 is 1.89 bits per heavy atom. The maximum Gasteiger partial charge on any atom is 0.0226 e. The second-order valence-corrected chi connectivity index (χ2v) is 2.63. The minimum absolute atomic E-state index is 0.612. The average molecular weight is 127 g/mol. The normalized spacial score (nSPS) is 12.4. The van der Waals surface area contributed by atoms with Crippen LogP contribution in [-0.4, -0.2) is 18.0 Å². The van der Waals surface area contributed by atoms with Crippen LogP contribution in [0.25, 0.3) is 0 Å². The van der Waals surface area contributed by atoms with E-state index in [4.69, 9.17) is 0 Å². The third-order valence-corrected chi connectivity index (χ3v) is 1.75. The van der Waals surface area contributed by atoms with Gasteiger partial charge in [0.2, 0.25) is 0 Å². The van der Waals surface area contributed by atoms with Crippen molar-refractivity contribution < 1.29 is 0 Å². The predicted molar refractivity (Wildman–Crippen MR) is 42.3 cm³/mol. The van der Waals surface area contributed by atoms with Crippen LogP contribution >= 0.6 is 0 Å². The van der Waals surface area contributed by atoms with E-state index in [1.165, 1.54) is 5.70 Å². The summed E-state index contributed by atoms with van der Waals surface area (Å²) in [5.41, 5.74) is 1.34. The molecule has 0 heterocycles. The Hall–Kier alpha value is -0.460. The van der Waals surface area contributed by atoms with Crippen molar-refractivity contribution in [2.24, 2.45) is 0 Å². The first kappa shape index (κ1) is 8.54. The zero-order valence-electron chi connectivity index (χ0n) is 7.10. The lowest BCUT2D eigenvalue weighted by Crippen LogP contribution is -2.23. The second kappa shape index (κ2) is 3.54. The fourth-order valence-electron chi connectivity index (χ4n) is 0.611. The first-order valence-corrected chi connectivity index (χ1v) is 3.45. The third-order valence-electron chi connectivity index (χ3n) is 1.75. The van der Waals surface area contributed by atoms with Gasteiger partial charge in [0, 0.05) is 18.8 Å². The molecule has 0 radical (unpaired) electrons. The van der Waals surface area contributed by atoms with E-state index in [2.05, 4.69) is 45.7 Å². The largest absolute Gasteiger partial charge is 0.376 e. The highest BCUT2D eigenvalue weighted by Gasteiger charge is 2.00. The minimum Gasteiger partial charge on any atom is -0.376 e. The molecule has 0 fully saturated rings. The van der Waals surface area contributed by atoms with Crippen molar-refractivity contribution in [3.05, 3.63) is 11.8 Å². The Labute approximate surface area is 58.4 Å². The number of nitrogens with zero attached hydrogens (tertiary/aromatic N) is 1. The summed E-state index contributed by atoms with van der Waals surface area (Å²) in [5, 5.41) is 0. The quantitative estimate of drug-likeness (QED) is 0.550. The molecule has 0 amide bonds. The summed E-state index contributed by atoms with van der Waals surface area (Å²) >= 11 is 0. The van der Waals surface area contributed by atoms with Crippen LogP contribution in [0.2, 0.25) is 0 Å². The summed E-state index contributed by atoms with van der Waals surface area (Å²) in [6, 6.07) is 0.612. The molecule has 0 aliphatic rings. The fourth-order valence-corrected chi connectivity index (χ4v) is 0.611. The zero-order valence-corrected chi connectivity index (χ0v) is 7.10. The maximum atomic E-state index is 2.25. The van der Waals surface area contributed by atoms with Gasteiger partial charge in [-0.1, -0.05) is 6.08 Å². The summed E-state index contributed by atoms with van der Waals surface area (Å²) < 4.78 is 0. The van der Waals surface area contributed by atoms with Gasteiger partial charge in [-0.15, -0.1) is 0 Å². The molecule has 1 heteroatoms. The SMILES string of the molecule is CC=C(C)N(C)C(C)C. The summed E-state index contributed by atoms with van der Waals surface area (Å²) in [6.07, 6.45) is 2.12. The molecule has 0 unspecified atom stereocenters. The molecule has 1 nitrogen and oxygen atoms in total. The Balaban J connectivity index is 3.88. The van der Waals surface area contributed by atoms with Crippen molar-refractivity contribution in [2.75, 3.05) is 7.05 Å². The molecular weight excluding hydrogens is 110 g/mol. The summed E-state index contributed by atoms with van der Waals surface area (Å²) in [7, 11) is 2.11. The van der Waals surface area contributed by atoms with E-state index in [0.717, 1.165) is 0 Å². The molecule has 0 aromatic carbocycles. The highest BCUT2D eigenvalue weighted by molar-refractivity contribution is 4.94. The topological polar surface area (TPSA) is 3.24 Å². The van der Waals surface area contributed by atoms with E-state index in [1.807, 2.05) is 0 Å². The van der Waals surface area contributed by atoms with Gasteiger partial charge in [-0.05, 0) is 27.7 Å². The molecule has 0 N–H and O–H groups in total. The van der Waals surface area contributed by atoms with Gasteiger partial charge in [-0.3, -0.25) is 0 Å². The molecule has 0 saturated carbocycles. The number of hydrogen-bond acceptors (Lipinski definition) is 1. The van der Waals surface area contributed by atoms with Crippen molar-refractivity contribution in [3.8, 4) is 0 Å². The molecule has 9 heavy (non-hydrogen) atoms. The minimum atomic E-state index is 0.612. The van der Waals surface area contributed by atoms with E-state index < -0.39 is 0 Å². The van der Waals surface area contributed by atoms with Crippen LogP contribution in [0.4, 0.5) is 0 Å². The van der Waals surface area contributed by atoms with E-state index in [1.54, 1.807) is 0 Å². The lowest BCUT2D eigenvalue weighted by Gasteiger charge is -2.23. The molecule has 0 aromatic heterocycles. The van der Waals surface area contributed by atoms with Gasteiger partial charge in [0.25, 0.3) is 0 Å². The van der Waals surface area contributed by atoms with Gasteiger partial charge >= 0.3 is 0 Å². The molecule has 0 rings (SSSR count). The van der Waals surface area contributed by atoms with E-state index >= 15 is 0 Å². The molecular formula is C8H17N. The summed E-state index contributed by atoms with van der Waals surface area (Å²) in [4.78, 5) is 2.25. The summed E-state index contributed by atoms with van der Waals surface area (Å²) in [6.45, 7) is 8.56. The van der Waals surface area contributed by atoms with Crippen LogP contribution < -0.4 is 0 Å². The van der Waals surface area contributed by atoms with E-state index in [0.29, 0.717) is 6.04 Å². The van der Waals surface area contributed by atoms with Crippen LogP contribution in [0.15, 0.2) is 11.8 Å². The van der Waals surface area contributed by atoms with Crippen molar-refractivity contribution >= 4 is 0 Å². The van der Waals surface area contributed by atoms with Gasteiger partial charge in [-0.25, -0.2) is 0 Å². The van der Waals surface area contributed by atoms with Crippen LogP contribution in [0.1, 0.15) is 27.7 Å². The van der Waals surface area contributed by atoms with Crippen molar-refractivity contribution in [1.82, 2.24) is 4.90 Å². The zero-order chi connectivity index (χ0) is 7.44. The van der Waals surface area contributed by atoms with Gasteiger partial charge < -0.3 is 4.90 Å². The first-order chi connectivity index (χ1) is 4.09. The van der Waals surface area contributed by atoms with Gasteiger partial charge in [0.05, 0.1) is 0 Å². The van der Waals surface area contributed by atoms with E-state index in [-0.39, 0.29) is 0 Å². The monoisotopic (exact) mass is 127 g/mol. The smallest absolute Gasteiger partial charge is 0.0226 e. The maximum absolute atomic E-state index is 2.25. The molecule has 0 bridgehead atoms. The van der Waals surface area contributed by atoms with Crippen molar-refractivity contribution in [1.29, 1.82) is 0 Å². The van der Waals surface area contributed by atoms with Crippen molar-refractivity contribution in [3.63, 3.8) is 0 Å². The summed E-state index contributed by atoms with van der Waals surface area (Å²) in [5.74, 6) is 0. The standard InChI is InChI=1S/C8H17N/c1-6-8(4)9(5)7(2)3/h6-7H,1-5H3. The van der Waals surface area contributed by atoms with Crippen LogP contribution in [-0.2, 0) is 0 Å². The van der Waals surface area contributed by atoms with Crippen LogP contribution in [0.3, 0.4) is 0 Å². The Morgan fingerprint density at radius 3 is 2.00 bits per heavy atom. The average Bonchev–Trinajstić information content (AvgIpc) is 1.84. The lowest BCUT2D eigenvalue weighted by atomic mass is 10.3.